The Morgan fingerprint density at radius 2 is 2.35 bits per heavy atom. The highest BCUT2D eigenvalue weighted by Crippen LogP contribution is 2.17. The van der Waals surface area contributed by atoms with E-state index in [0.29, 0.717) is 6.04 Å². The van der Waals surface area contributed by atoms with Crippen LogP contribution in [0.2, 0.25) is 0 Å². The van der Waals surface area contributed by atoms with Gasteiger partial charge in [0.25, 0.3) is 0 Å². The number of aromatic nitrogens is 1. The van der Waals surface area contributed by atoms with Crippen LogP contribution in [0.4, 0.5) is 11.5 Å². The van der Waals surface area contributed by atoms with E-state index in [9.17, 15) is 0 Å². The second-order valence-electron chi connectivity index (χ2n) is 4.69. The fourth-order valence-corrected chi connectivity index (χ4v) is 2.31. The molecule has 1 aliphatic heterocycles. The van der Waals surface area contributed by atoms with Gasteiger partial charge in [-0.15, -0.1) is 0 Å². The average Bonchev–Trinajstić information content (AvgIpc) is 2.38. The molecule has 1 atom stereocenters. The maximum atomic E-state index is 4.21. The van der Waals surface area contributed by atoms with Crippen molar-refractivity contribution in [2.24, 2.45) is 0 Å². The minimum Gasteiger partial charge on any atom is -0.383 e. The van der Waals surface area contributed by atoms with Crippen molar-refractivity contribution < 1.29 is 0 Å². The minimum absolute atomic E-state index is 0.662. The van der Waals surface area contributed by atoms with Crippen LogP contribution < -0.4 is 10.6 Å². The fourth-order valence-electron chi connectivity index (χ4n) is 2.31. The maximum Gasteiger partial charge on any atom is 0.127 e. The molecule has 0 aromatic carbocycles. The zero-order valence-corrected chi connectivity index (χ0v) is 10.7. The van der Waals surface area contributed by atoms with Crippen LogP contribution >= 0.6 is 0 Å². The molecule has 4 heteroatoms. The summed E-state index contributed by atoms with van der Waals surface area (Å²) in [4.78, 5) is 6.66. The first kappa shape index (κ1) is 12.2. The predicted octanol–water partition coefficient (Wildman–Crippen LogP) is 2.02. The molecule has 1 aromatic rings. The van der Waals surface area contributed by atoms with Gasteiger partial charge in [-0.1, -0.05) is 6.42 Å². The number of pyridine rings is 1. The Balaban J connectivity index is 1.88. The summed E-state index contributed by atoms with van der Waals surface area (Å²) in [6, 6.07) is 4.72. The van der Waals surface area contributed by atoms with Gasteiger partial charge in [-0.25, -0.2) is 4.98 Å². The van der Waals surface area contributed by atoms with Crippen molar-refractivity contribution in [2.45, 2.75) is 25.3 Å². The van der Waals surface area contributed by atoms with Gasteiger partial charge in [0, 0.05) is 37.6 Å². The molecule has 1 saturated heterocycles. The molecule has 4 nitrogen and oxygen atoms in total. The Hall–Kier alpha value is -1.29. The summed E-state index contributed by atoms with van der Waals surface area (Å²) in [5.74, 6) is 0.909. The van der Waals surface area contributed by atoms with Crippen molar-refractivity contribution >= 4 is 11.5 Å². The van der Waals surface area contributed by atoms with Crippen LogP contribution in [0.1, 0.15) is 19.3 Å². The smallest absolute Gasteiger partial charge is 0.127 e. The van der Waals surface area contributed by atoms with Gasteiger partial charge in [-0.2, -0.15) is 0 Å². The number of likely N-dealkylation sites (tertiary alicyclic amines) is 1. The minimum atomic E-state index is 0.662. The van der Waals surface area contributed by atoms with Crippen molar-refractivity contribution in [1.82, 2.24) is 9.88 Å². The summed E-state index contributed by atoms with van der Waals surface area (Å²) in [6.07, 6.45) is 5.83. The normalized spacial score (nSPS) is 21.2. The molecule has 2 rings (SSSR count). The lowest BCUT2D eigenvalue weighted by molar-refractivity contribution is 0.194. The van der Waals surface area contributed by atoms with Gasteiger partial charge >= 0.3 is 0 Å². The van der Waals surface area contributed by atoms with Gasteiger partial charge in [0.2, 0.25) is 0 Å². The first-order valence-corrected chi connectivity index (χ1v) is 6.37. The predicted molar refractivity (Wildman–Crippen MR) is 72.5 cm³/mol. The lowest BCUT2D eigenvalue weighted by Crippen LogP contribution is -2.40. The largest absolute Gasteiger partial charge is 0.383 e. The van der Waals surface area contributed by atoms with Crippen molar-refractivity contribution in [1.29, 1.82) is 0 Å². The Kier molecular flexibility index (Phi) is 4.20. The molecule has 1 aromatic heterocycles. The molecular weight excluding hydrogens is 212 g/mol. The number of anilines is 2. The Morgan fingerprint density at radius 3 is 3.12 bits per heavy atom. The number of hydrogen-bond acceptors (Lipinski definition) is 4. The highest BCUT2D eigenvalue weighted by Gasteiger charge is 2.18. The summed E-state index contributed by atoms with van der Waals surface area (Å²) in [5, 5.41) is 6.55. The standard InChI is InChI=1S/C13H22N4/c1-14-13-9-11(6-7-15-13)16-10-12-5-3-4-8-17(12)2/h6-7,9,12H,3-5,8,10H2,1-2H3,(H2,14,15,16). The topological polar surface area (TPSA) is 40.2 Å². The van der Waals surface area contributed by atoms with E-state index in [1.54, 1.807) is 0 Å². The molecule has 1 aliphatic rings. The van der Waals surface area contributed by atoms with Crippen molar-refractivity contribution in [2.75, 3.05) is 37.8 Å². The van der Waals surface area contributed by atoms with Gasteiger partial charge in [-0.05, 0) is 32.5 Å². The van der Waals surface area contributed by atoms with Gasteiger partial charge in [0.05, 0.1) is 0 Å². The van der Waals surface area contributed by atoms with E-state index in [0.717, 1.165) is 18.1 Å². The number of rotatable bonds is 4. The first-order chi connectivity index (χ1) is 8.29. The molecule has 0 radical (unpaired) electrons. The highest BCUT2D eigenvalue weighted by atomic mass is 15.2. The molecule has 1 unspecified atom stereocenters. The van der Waals surface area contributed by atoms with Crippen LogP contribution in [0.5, 0.6) is 0 Å². The molecule has 0 amide bonds. The number of piperidine rings is 1. The third-order valence-electron chi connectivity index (χ3n) is 3.48. The van der Waals surface area contributed by atoms with Crippen molar-refractivity contribution in [3.8, 4) is 0 Å². The maximum absolute atomic E-state index is 4.21. The second-order valence-corrected chi connectivity index (χ2v) is 4.69. The summed E-state index contributed by atoms with van der Waals surface area (Å²) >= 11 is 0. The van der Waals surface area contributed by atoms with Gasteiger partial charge in [-0.3, -0.25) is 0 Å². The molecule has 1 fully saturated rings. The fraction of sp³-hybridized carbons (Fsp3) is 0.615. The molecule has 94 valence electrons. The van der Waals surface area contributed by atoms with Gasteiger partial charge < -0.3 is 15.5 Å². The zero-order valence-electron chi connectivity index (χ0n) is 10.7. The third kappa shape index (κ3) is 3.33. The van der Waals surface area contributed by atoms with E-state index in [1.807, 2.05) is 25.4 Å². The van der Waals surface area contributed by atoms with Crippen LogP contribution in [0.25, 0.3) is 0 Å². The lowest BCUT2D eigenvalue weighted by atomic mass is 10.0. The monoisotopic (exact) mass is 234 g/mol. The second kappa shape index (κ2) is 5.87. The summed E-state index contributed by atoms with van der Waals surface area (Å²) in [6.45, 7) is 2.24. The van der Waals surface area contributed by atoms with Crippen molar-refractivity contribution in [3.63, 3.8) is 0 Å². The highest BCUT2D eigenvalue weighted by molar-refractivity contribution is 5.51. The Labute approximate surface area is 103 Å². The van der Waals surface area contributed by atoms with Crippen LogP contribution in [0.15, 0.2) is 18.3 Å². The first-order valence-electron chi connectivity index (χ1n) is 6.37. The number of nitrogens with zero attached hydrogens (tertiary/aromatic N) is 2. The third-order valence-corrected chi connectivity index (χ3v) is 3.48. The summed E-state index contributed by atoms with van der Waals surface area (Å²) in [7, 11) is 4.11. The summed E-state index contributed by atoms with van der Waals surface area (Å²) < 4.78 is 0. The molecular formula is C13H22N4. The van der Waals surface area contributed by atoms with E-state index >= 15 is 0 Å². The SMILES string of the molecule is CNc1cc(NCC2CCCCN2C)ccn1. The number of hydrogen-bond donors (Lipinski definition) is 2. The number of likely N-dealkylation sites (N-methyl/N-ethyl adjacent to an activating group) is 1. The molecule has 17 heavy (non-hydrogen) atoms. The van der Waals surface area contributed by atoms with E-state index in [4.69, 9.17) is 0 Å². The molecule has 0 saturated carbocycles. The molecule has 2 heterocycles. The van der Waals surface area contributed by atoms with Crippen LogP contribution in [0.3, 0.4) is 0 Å². The average molecular weight is 234 g/mol. The van der Waals surface area contributed by atoms with Gasteiger partial charge in [0.1, 0.15) is 5.82 Å². The van der Waals surface area contributed by atoms with Crippen LogP contribution in [-0.4, -0.2) is 43.1 Å². The molecule has 0 bridgehead atoms. The van der Waals surface area contributed by atoms with E-state index in [2.05, 4.69) is 27.6 Å². The van der Waals surface area contributed by atoms with Crippen LogP contribution in [-0.2, 0) is 0 Å². The Bertz CT molecular complexity index is 353. The molecule has 0 spiro atoms. The van der Waals surface area contributed by atoms with E-state index in [-0.39, 0.29) is 0 Å². The Morgan fingerprint density at radius 1 is 1.47 bits per heavy atom. The molecule has 0 aliphatic carbocycles. The van der Waals surface area contributed by atoms with E-state index in [1.165, 1.54) is 25.8 Å². The van der Waals surface area contributed by atoms with Gasteiger partial charge in [0.15, 0.2) is 0 Å². The quantitative estimate of drug-likeness (QED) is 0.836. The molecule has 2 N–H and O–H groups in total. The zero-order chi connectivity index (χ0) is 12.1. The number of nitrogens with one attached hydrogen (secondary N) is 2. The van der Waals surface area contributed by atoms with Crippen LogP contribution in [0, 0.1) is 0 Å². The lowest BCUT2D eigenvalue weighted by Gasteiger charge is -2.32. The summed E-state index contributed by atoms with van der Waals surface area (Å²) in [5.41, 5.74) is 1.14. The van der Waals surface area contributed by atoms with E-state index < -0.39 is 0 Å². The van der Waals surface area contributed by atoms with Crippen molar-refractivity contribution in [3.05, 3.63) is 18.3 Å².